The molecule has 0 aliphatic rings. The third kappa shape index (κ3) is 2.48. The average Bonchev–Trinajstić information content (AvgIpc) is 2.32. The van der Waals surface area contributed by atoms with E-state index in [4.69, 9.17) is 46.4 Å². The van der Waals surface area contributed by atoms with Crippen LogP contribution >= 0.6 is 46.4 Å². The quantitative estimate of drug-likeness (QED) is 0.531. The second kappa shape index (κ2) is 4.95. The molecule has 0 fully saturated rings. The molecule has 2 rings (SSSR count). The Kier molecular flexibility index (Phi) is 3.74. The molecule has 0 bridgehead atoms. The zero-order chi connectivity index (χ0) is 12.6. The molecule has 5 heteroatoms. The van der Waals surface area contributed by atoms with E-state index in [2.05, 4.69) is 0 Å². The van der Waals surface area contributed by atoms with Crippen molar-refractivity contribution in [3.05, 3.63) is 50.4 Å². The summed E-state index contributed by atoms with van der Waals surface area (Å²) in [5, 5.41) is 10.4. The average molecular weight is 308 g/mol. The zero-order valence-corrected chi connectivity index (χ0v) is 11.4. The molecule has 0 saturated heterocycles. The number of hydrogen-bond donors (Lipinski definition) is 1. The summed E-state index contributed by atoms with van der Waals surface area (Å²) in [6, 6.07) is 8.20. The summed E-state index contributed by atoms with van der Waals surface area (Å²) in [6.07, 6.45) is 0. The van der Waals surface area contributed by atoms with Gasteiger partial charge in [-0.15, -0.1) is 0 Å². The molecule has 0 aliphatic carbocycles. The lowest BCUT2D eigenvalue weighted by atomic mass is 10.1. The van der Waals surface area contributed by atoms with E-state index >= 15 is 0 Å². The Bertz CT molecular complexity index is 564. The lowest BCUT2D eigenvalue weighted by Crippen LogP contribution is -1.83. The van der Waals surface area contributed by atoms with Gasteiger partial charge in [-0.25, -0.2) is 0 Å². The lowest BCUT2D eigenvalue weighted by Gasteiger charge is -2.09. The van der Waals surface area contributed by atoms with E-state index in [1.807, 2.05) is 0 Å². The summed E-state index contributed by atoms with van der Waals surface area (Å²) < 4.78 is 0. The van der Waals surface area contributed by atoms with Gasteiger partial charge in [0.1, 0.15) is 5.75 Å². The van der Waals surface area contributed by atoms with Crippen molar-refractivity contribution in [1.29, 1.82) is 0 Å². The Morgan fingerprint density at radius 1 is 0.765 bits per heavy atom. The Labute approximate surface area is 118 Å². The number of hydrogen-bond acceptors (Lipinski definition) is 1. The molecule has 0 spiro atoms. The maximum atomic E-state index is 9.22. The first kappa shape index (κ1) is 12.8. The van der Waals surface area contributed by atoms with Crippen molar-refractivity contribution in [2.45, 2.75) is 0 Å². The maximum Gasteiger partial charge on any atom is 0.115 e. The summed E-state index contributed by atoms with van der Waals surface area (Å²) in [7, 11) is 0. The van der Waals surface area contributed by atoms with E-state index in [0.717, 1.165) is 5.56 Å². The molecule has 17 heavy (non-hydrogen) atoms. The fourth-order valence-corrected chi connectivity index (χ4v) is 2.34. The van der Waals surface area contributed by atoms with Gasteiger partial charge in [0.15, 0.2) is 0 Å². The first-order valence-electron chi connectivity index (χ1n) is 4.63. The van der Waals surface area contributed by atoms with Gasteiger partial charge in [0.2, 0.25) is 0 Å². The highest BCUT2D eigenvalue weighted by molar-refractivity contribution is 6.52. The molecule has 1 N–H and O–H groups in total. The van der Waals surface area contributed by atoms with Crippen LogP contribution in [0.5, 0.6) is 5.75 Å². The van der Waals surface area contributed by atoms with Gasteiger partial charge in [-0.2, -0.15) is 0 Å². The third-order valence-electron chi connectivity index (χ3n) is 2.28. The van der Waals surface area contributed by atoms with Gasteiger partial charge >= 0.3 is 0 Å². The predicted octanol–water partition coefficient (Wildman–Crippen LogP) is 5.67. The summed E-state index contributed by atoms with van der Waals surface area (Å²) in [6.45, 7) is 0. The highest BCUT2D eigenvalue weighted by atomic mass is 35.5. The second-order valence-corrected chi connectivity index (χ2v) is 4.94. The van der Waals surface area contributed by atoms with Crippen LogP contribution in [0.15, 0.2) is 30.3 Å². The fraction of sp³-hybridized carbons (Fsp3) is 0. The van der Waals surface area contributed by atoms with Crippen molar-refractivity contribution < 1.29 is 5.11 Å². The van der Waals surface area contributed by atoms with Crippen molar-refractivity contribution in [3.63, 3.8) is 0 Å². The summed E-state index contributed by atoms with van der Waals surface area (Å²) in [5.41, 5.74) is 1.47. The Morgan fingerprint density at radius 2 is 1.35 bits per heavy atom. The molecule has 0 amide bonds. The maximum absolute atomic E-state index is 9.22. The fourth-order valence-electron chi connectivity index (χ4n) is 1.42. The molecule has 0 aromatic heterocycles. The Balaban J connectivity index is 2.64. The van der Waals surface area contributed by atoms with Crippen LogP contribution in [0.2, 0.25) is 20.1 Å². The highest BCUT2D eigenvalue weighted by Crippen LogP contribution is 2.42. The van der Waals surface area contributed by atoms with Gasteiger partial charge < -0.3 is 5.11 Å². The Hall–Kier alpha value is -0.600. The van der Waals surface area contributed by atoms with Crippen molar-refractivity contribution in [2.24, 2.45) is 0 Å². The van der Waals surface area contributed by atoms with E-state index in [0.29, 0.717) is 15.6 Å². The molecule has 0 radical (unpaired) electrons. The molecule has 1 nitrogen and oxygen atoms in total. The predicted molar refractivity (Wildman–Crippen MR) is 73.6 cm³/mol. The molecule has 0 atom stereocenters. The van der Waals surface area contributed by atoms with Crippen LogP contribution in [0.1, 0.15) is 0 Å². The van der Waals surface area contributed by atoms with Crippen molar-refractivity contribution in [3.8, 4) is 16.9 Å². The number of aromatic hydroxyl groups is 1. The molecular formula is C12H6Cl4O. The van der Waals surface area contributed by atoms with E-state index < -0.39 is 0 Å². The van der Waals surface area contributed by atoms with E-state index in [1.165, 1.54) is 0 Å². The van der Waals surface area contributed by atoms with Gasteiger partial charge in [0.05, 0.1) is 20.1 Å². The van der Waals surface area contributed by atoms with Crippen LogP contribution in [0, 0.1) is 0 Å². The third-order valence-corrected chi connectivity index (χ3v) is 4.03. The van der Waals surface area contributed by atoms with E-state index in [1.54, 1.807) is 30.3 Å². The monoisotopic (exact) mass is 306 g/mol. The summed E-state index contributed by atoms with van der Waals surface area (Å²) in [5.74, 6) is 0.177. The molecule has 2 aromatic rings. The minimum absolute atomic E-state index is 0.177. The van der Waals surface area contributed by atoms with Gasteiger partial charge in [0, 0.05) is 5.56 Å². The van der Waals surface area contributed by atoms with Crippen molar-refractivity contribution in [1.82, 2.24) is 0 Å². The first-order valence-corrected chi connectivity index (χ1v) is 6.14. The molecule has 0 heterocycles. The molecule has 88 valence electrons. The van der Waals surface area contributed by atoms with Crippen LogP contribution in [-0.2, 0) is 0 Å². The van der Waals surface area contributed by atoms with Crippen LogP contribution in [0.25, 0.3) is 11.1 Å². The smallest absolute Gasteiger partial charge is 0.115 e. The van der Waals surface area contributed by atoms with Gasteiger partial charge in [-0.05, 0) is 23.8 Å². The van der Waals surface area contributed by atoms with Crippen molar-refractivity contribution >= 4 is 46.4 Å². The lowest BCUT2D eigenvalue weighted by molar-refractivity contribution is 0.475. The number of rotatable bonds is 1. The minimum atomic E-state index is 0.177. The molecule has 0 unspecified atom stereocenters. The normalized spacial score (nSPS) is 10.6. The largest absolute Gasteiger partial charge is 0.508 e. The van der Waals surface area contributed by atoms with Gasteiger partial charge in [0.25, 0.3) is 0 Å². The van der Waals surface area contributed by atoms with E-state index in [9.17, 15) is 5.11 Å². The van der Waals surface area contributed by atoms with E-state index in [-0.39, 0.29) is 15.8 Å². The topological polar surface area (TPSA) is 20.2 Å². The van der Waals surface area contributed by atoms with Crippen molar-refractivity contribution in [2.75, 3.05) is 0 Å². The van der Waals surface area contributed by atoms with Gasteiger partial charge in [-0.1, -0.05) is 58.5 Å². The number of benzene rings is 2. The highest BCUT2D eigenvalue weighted by Gasteiger charge is 2.14. The van der Waals surface area contributed by atoms with Crippen LogP contribution in [-0.4, -0.2) is 5.11 Å². The number of halogens is 4. The zero-order valence-electron chi connectivity index (χ0n) is 8.35. The van der Waals surface area contributed by atoms with Gasteiger partial charge in [-0.3, -0.25) is 0 Å². The standard InChI is InChI=1S/C12H6Cl4O/c13-9-5-8(10(14)12(16)11(9)15)6-1-3-7(17)4-2-6/h1-5,17H. The first-order chi connectivity index (χ1) is 8.00. The Morgan fingerprint density at radius 3 is 1.94 bits per heavy atom. The van der Waals surface area contributed by atoms with Crippen LogP contribution < -0.4 is 0 Å². The molecule has 0 saturated carbocycles. The molecule has 0 aliphatic heterocycles. The van der Waals surface area contributed by atoms with Crippen LogP contribution in [0.4, 0.5) is 0 Å². The van der Waals surface area contributed by atoms with Crippen LogP contribution in [0.3, 0.4) is 0 Å². The summed E-state index contributed by atoms with van der Waals surface area (Å²) in [4.78, 5) is 0. The number of phenolic OH excluding ortho intramolecular Hbond substituents is 1. The summed E-state index contributed by atoms with van der Waals surface area (Å²) >= 11 is 23.9. The SMILES string of the molecule is Oc1ccc(-c2cc(Cl)c(Cl)c(Cl)c2Cl)cc1. The second-order valence-electron chi connectivity index (χ2n) is 3.39. The molecule has 2 aromatic carbocycles. The minimum Gasteiger partial charge on any atom is -0.508 e. The number of phenols is 1. The molecular weight excluding hydrogens is 302 g/mol.